The zero-order valence-electron chi connectivity index (χ0n) is 17.8. The molecule has 174 valence electrons. The lowest BCUT2D eigenvalue weighted by Crippen LogP contribution is -2.24. The van der Waals surface area contributed by atoms with Gasteiger partial charge in [0.1, 0.15) is 18.0 Å². The Hall–Kier alpha value is -4.31. The first-order chi connectivity index (χ1) is 16.3. The summed E-state index contributed by atoms with van der Waals surface area (Å²) in [6.07, 6.45) is 0. The molecular weight excluding hydrogens is 466 g/mol. The molecule has 0 aliphatic heterocycles. The van der Waals surface area contributed by atoms with Gasteiger partial charge in [-0.1, -0.05) is 11.6 Å². The number of anilines is 1. The van der Waals surface area contributed by atoms with Crippen LogP contribution in [0.2, 0.25) is 5.02 Å². The van der Waals surface area contributed by atoms with Crippen molar-refractivity contribution in [3.63, 3.8) is 0 Å². The van der Waals surface area contributed by atoms with Crippen molar-refractivity contribution in [1.29, 1.82) is 0 Å². The third-order valence-electron chi connectivity index (χ3n) is 4.74. The lowest BCUT2D eigenvalue weighted by Gasteiger charge is -2.13. The third kappa shape index (κ3) is 5.02. The quantitative estimate of drug-likeness (QED) is 0.276. The van der Waals surface area contributed by atoms with Crippen molar-refractivity contribution >= 4 is 40.0 Å². The summed E-state index contributed by atoms with van der Waals surface area (Å²) in [4.78, 5) is 35.3. The van der Waals surface area contributed by atoms with E-state index in [0.29, 0.717) is 34.6 Å². The lowest BCUT2D eigenvalue weighted by molar-refractivity contribution is -0.384. The Bertz CT molecular complexity index is 1430. The van der Waals surface area contributed by atoms with Crippen LogP contribution in [0.25, 0.3) is 11.1 Å². The predicted octanol–water partition coefficient (Wildman–Crippen LogP) is 4.99. The number of benzene rings is 3. The summed E-state index contributed by atoms with van der Waals surface area (Å²) in [6, 6.07) is 15.4. The van der Waals surface area contributed by atoms with Crippen molar-refractivity contribution in [3.05, 3.63) is 86.4 Å². The Kier molecular flexibility index (Phi) is 6.51. The van der Waals surface area contributed by atoms with Crippen molar-refractivity contribution < 1.29 is 23.6 Å². The molecule has 10 nitrogen and oxygen atoms in total. The van der Waals surface area contributed by atoms with Crippen LogP contribution < -0.4 is 20.5 Å². The van der Waals surface area contributed by atoms with Crippen molar-refractivity contribution in [1.82, 2.24) is 4.57 Å². The van der Waals surface area contributed by atoms with E-state index in [1.165, 1.54) is 18.2 Å². The largest absolute Gasteiger partial charge is 0.494 e. The van der Waals surface area contributed by atoms with E-state index in [0.717, 1.165) is 10.6 Å². The highest BCUT2D eigenvalue weighted by Gasteiger charge is 2.17. The molecule has 4 rings (SSSR count). The number of hydrogen-bond donors (Lipinski definition) is 1. The molecule has 0 spiro atoms. The highest BCUT2D eigenvalue weighted by molar-refractivity contribution is 6.31. The van der Waals surface area contributed by atoms with Gasteiger partial charge < -0.3 is 19.2 Å². The average molecular weight is 484 g/mol. The van der Waals surface area contributed by atoms with Crippen LogP contribution in [0.15, 0.2) is 69.9 Å². The molecule has 1 heterocycles. The summed E-state index contributed by atoms with van der Waals surface area (Å²) >= 11 is 6.10. The molecule has 0 atom stereocenters. The molecule has 0 aliphatic carbocycles. The topological polar surface area (TPSA) is 126 Å². The van der Waals surface area contributed by atoms with Gasteiger partial charge >= 0.3 is 5.76 Å². The Balaban J connectivity index is 1.54. The standard InChI is InChI=1S/C23H18ClN3O7/c1-2-32-16-5-7-17(8-6-16)33-20-10-3-14(24)11-18(20)25-22(28)13-26-19-9-4-15(27(30)31)12-21(19)34-23(26)29/h3-12H,2,13H2,1H3,(H,25,28). The number of non-ortho nitro benzene ring substituents is 1. The molecule has 0 saturated heterocycles. The van der Waals surface area contributed by atoms with Gasteiger partial charge in [0, 0.05) is 11.1 Å². The third-order valence-corrected chi connectivity index (χ3v) is 4.98. The number of nitrogens with zero attached hydrogens (tertiary/aromatic N) is 2. The maximum Gasteiger partial charge on any atom is 0.420 e. The van der Waals surface area contributed by atoms with E-state index in [1.54, 1.807) is 36.4 Å². The molecule has 11 heteroatoms. The number of aromatic nitrogens is 1. The van der Waals surface area contributed by atoms with E-state index in [9.17, 15) is 19.7 Å². The smallest absolute Gasteiger partial charge is 0.420 e. The summed E-state index contributed by atoms with van der Waals surface area (Å²) in [5, 5.41) is 14.0. The molecule has 34 heavy (non-hydrogen) atoms. The number of carbonyl (C=O) groups excluding carboxylic acids is 1. The van der Waals surface area contributed by atoms with Crippen LogP contribution >= 0.6 is 11.6 Å². The van der Waals surface area contributed by atoms with E-state index in [-0.39, 0.29) is 16.8 Å². The first kappa shape index (κ1) is 22.9. The van der Waals surface area contributed by atoms with Gasteiger partial charge in [-0.15, -0.1) is 0 Å². The molecule has 0 fully saturated rings. The van der Waals surface area contributed by atoms with Gasteiger partial charge in [0.15, 0.2) is 11.3 Å². The van der Waals surface area contributed by atoms with Crippen LogP contribution in [-0.2, 0) is 11.3 Å². The van der Waals surface area contributed by atoms with E-state index >= 15 is 0 Å². The molecule has 0 saturated carbocycles. The summed E-state index contributed by atoms with van der Waals surface area (Å²) < 4.78 is 17.4. The normalized spacial score (nSPS) is 10.8. The Morgan fingerprint density at radius 3 is 2.56 bits per heavy atom. The summed E-state index contributed by atoms with van der Waals surface area (Å²) in [5.74, 6) is 0.175. The fraction of sp³-hybridized carbons (Fsp3) is 0.130. The van der Waals surface area contributed by atoms with Crippen molar-refractivity contribution in [2.24, 2.45) is 0 Å². The molecular formula is C23H18ClN3O7. The van der Waals surface area contributed by atoms with Gasteiger partial charge in [-0.2, -0.15) is 0 Å². The number of hydrogen-bond acceptors (Lipinski definition) is 7. The van der Waals surface area contributed by atoms with Crippen molar-refractivity contribution in [2.75, 3.05) is 11.9 Å². The fourth-order valence-electron chi connectivity index (χ4n) is 3.24. The summed E-state index contributed by atoms with van der Waals surface area (Å²) in [6.45, 7) is 2.04. The van der Waals surface area contributed by atoms with E-state index in [2.05, 4.69) is 5.32 Å². The number of rotatable bonds is 8. The zero-order valence-corrected chi connectivity index (χ0v) is 18.6. The second-order valence-corrected chi connectivity index (χ2v) is 7.49. The number of amides is 1. The predicted molar refractivity (Wildman–Crippen MR) is 125 cm³/mol. The van der Waals surface area contributed by atoms with Crippen LogP contribution in [0, 0.1) is 10.1 Å². The summed E-state index contributed by atoms with van der Waals surface area (Å²) in [5.41, 5.74) is 0.327. The van der Waals surface area contributed by atoms with Crippen LogP contribution in [0.1, 0.15) is 6.92 Å². The lowest BCUT2D eigenvalue weighted by atomic mass is 10.2. The Morgan fingerprint density at radius 1 is 1.12 bits per heavy atom. The second kappa shape index (κ2) is 9.67. The van der Waals surface area contributed by atoms with Gasteiger partial charge in [-0.05, 0) is 55.5 Å². The number of carbonyl (C=O) groups is 1. The molecule has 0 bridgehead atoms. The zero-order chi connectivity index (χ0) is 24.2. The minimum absolute atomic E-state index is 0.00859. The van der Waals surface area contributed by atoms with Gasteiger partial charge in [-0.3, -0.25) is 19.5 Å². The number of halogens is 1. The van der Waals surface area contributed by atoms with E-state index in [1.807, 2.05) is 6.92 Å². The molecule has 0 unspecified atom stereocenters. The molecule has 1 aromatic heterocycles. The monoisotopic (exact) mass is 483 g/mol. The number of nitro benzene ring substituents is 1. The fourth-order valence-corrected chi connectivity index (χ4v) is 3.41. The van der Waals surface area contributed by atoms with Crippen LogP contribution in [0.3, 0.4) is 0 Å². The van der Waals surface area contributed by atoms with Gasteiger partial charge in [0.2, 0.25) is 5.91 Å². The number of oxazole rings is 1. The van der Waals surface area contributed by atoms with Crippen LogP contribution in [0.4, 0.5) is 11.4 Å². The number of fused-ring (bicyclic) bond motifs is 1. The first-order valence-electron chi connectivity index (χ1n) is 10.1. The molecule has 4 aromatic rings. The first-order valence-corrected chi connectivity index (χ1v) is 10.5. The minimum Gasteiger partial charge on any atom is -0.494 e. The molecule has 3 aromatic carbocycles. The average Bonchev–Trinajstić information content (AvgIpc) is 3.11. The number of ether oxygens (including phenoxy) is 2. The van der Waals surface area contributed by atoms with Crippen molar-refractivity contribution in [3.8, 4) is 17.2 Å². The minimum atomic E-state index is -0.817. The maximum atomic E-state index is 12.7. The number of nitro groups is 1. The van der Waals surface area contributed by atoms with E-state index < -0.39 is 23.1 Å². The van der Waals surface area contributed by atoms with Crippen molar-refractivity contribution in [2.45, 2.75) is 13.5 Å². The van der Waals surface area contributed by atoms with E-state index in [4.69, 9.17) is 25.5 Å². The Labute approximate surface area is 197 Å². The van der Waals surface area contributed by atoms with Gasteiger partial charge in [-0.25, -0.2) is 4.79 Å². The van der Waals surface area contributed by atoms with Crippen LogP contribution in [0.5, 0.6) is 17.2 Å². The second-order valence-electron chi connectivity index (χ2n) is 7.06. The SMILES string of the molecule is CCOc1ccc(Oc2ccc(Cl)cc2NC(=O)Cn2c(=O)oc3cc([N+](=O)[O-])ccc32)cc1. The highest BCUT2D eigenvalue weighted by atomic mass is 35.5. The molecule has 1 amide bonds. The molecule has 1 N–H and O–H groups in total. The van der Waals surface area contributed by atoms with Crippen LogP contribution in [-0.4, -0.2) is 22.0 Å². The van der Waals surface area contributed by atoms with Gasteiger partial charge in [0.05, 0.1) is 28.8 Å². The highest BCUT2D eigenvalue weighted by Crippen LogP contribution is 2.33. The molecule has 0 radical (unpaired) electrons. The maximum absolute atomic E-state index is 12.7. The Morgan fingerprint density at radius 2 is 1.85 bits per heavy atom. The molecule has 0 aliphatic rings. The van der Waals surface area contributed by atoms with Gasteiger partial charge in [0.25, 0.3) is 5.69 Å². The summed E-state index contributed by atoms with van der Waals surface area (Å²) in [7, 11) is 0. The number of nitrogens with one attached hydrogen (secondary N) is 1.